The highest BCUT2D eigenvalue weighted by Crippen LogP contribution is 2.07. The molecule has 1 N–H and O–H groups in total. The zero-order valence-electron chi connectivity index (χ0n) is 14.8. The van der Waals surface area contributed by atoms with E-state index >= 15 is 0 Å². The van der Waals surface area contributed by atoms with E-state index in [0.29, 0.717) is 25.9 Å². The fraction of sp³-hybridized carbons (Fsp3) is 0.333. The van der Waals surface area contributed by atoms with Crippen molar-refractivity contribution in [2.75, 3.05) is 13.1 Å². The number of nitrogens with one attached hydrogen (secondary N) is 1. The van der Waals surface area contributed by atoms with Crippen LogP contribution in [0.2, 0.25) is 0 Å². The number of carbonyl (C=O) groups is 2. The van der Waals surface area contributed by atoms with Crippen LogP contribution in [0.15, 0.2) is 60.7 Å². The molecule has 0 unspecified atom stereocenters. The van der Waals surface area contributed by atoms with Crippen molar-refractivity contribution in [3.63, 3.8) is 0 Å². The van der Waals surface area contributed by atoms with E-state index in [4.69, 9.17) is 0 Å². The van der Waals surface area contributed by atoms with E-state index < -0.39 is 0 Å². The predicted octanol–water partition coefficient (Wildman–Crippen LogP) is 3.17. The van der Waals surface area contributed by atoms with Crippen molar-refractivity contribution in [3.8, 4) is 0 Å². The second-order valence-corrected chi connectivity index (χ2v) is 6.06. The molecule has 25 heavy (non-hydrogen) atoms. The molecule has 0 bridgehead atoms. The Morgan fingerprint density at radius 2 is 1.52 bits per heavy atom. The quantitative estimate of drug-likeness (QED) is 0.763. The molecular weight excluding hydrogens is 312 g/mol. The monoisotopic (exact) mass is 338 g/mol. The van der Waals surface area contributed by atoms with Gasteiger partial charge in [0.15, 0.2) is 0 Å². The number of rotatable bonds is 9. The SMILES string of the molecule is CCCN(Cc1ccccc1)C(=O)CCNC(=O)Cc1ccccc1. The van der Waals surface area contributed by atoms with Crippen molar-refractivity contribution in [1.29, 1.82) is 0 Å². The van der Waals surface area contributed by atoms with Crippen molar-refractivity contribution in [2.45, 2.75) is 32.7 Å². The maximum atomic E-state index is 12.5. The van der Waals surface area contributed by atoms with Gasteiger partial charge in [-0.1, -0.05) is 67.6 Å². The van der Waals surface area contributed by atoms with E-state index in [1.165, 1.54) is 0 Å². The molecule has 4 heteroatoms. The van der Waals surface area contributed by atoms with E-state index in [-0.39, 0.29) is 11.8 Å². The third-order valence-corrected chi connectivity index (χ3v) is 3.93. The molecule has 0 aliphatic heterocycles. The fourth-order valence-corrected chi connectivity index (χ4v) is 2.68. The van der Waals surface area contributed by atoms with E-state index in [9.17, 15) is 9.59 Å². The molecule has 2 rings (SSSR count). The second-order valence-electron chi connectivity index (χ2n) is 6.06. The van der Waals surface area contributed by atoms with Gasteiger partial charge < -0.3 is 10.2 Å². The van der Waals surface area contributed by atoms with Crippen LogP contribution in [0.25, 0.3) is 0 Å². The molecule has 0 fully saturated rings. The van der Waals surface area contributed by atoms with Gasteiger partial charge in [0.25, 0.3) is 0 Å². The summed E-state index contributed by atoms with van der Waals surface area (Å²) in [6, 6.07) is 19.6. The summed E-state index contributed by atoms with van der Waals surface area (Å²) in [5, 5.41) is 2.84. The molecule has 2 amide bonds. The summed E-state index contributed by atoms with van der Waals surface area (Å²) in [6.07, 6.45) is 1.59. The number of amides is 2. The first-order valence-electron chi connectivity index (χ1n) is 8.81. The third kappa shape index (κ3) is 6.79. The first-order chi connectivity index (χ1) is 12.2. The van der Waals surface area contributed by atoms with Crippen LogP contribution in [0.1, 0.15) is 30.9 Å². The molecule has 0 saturated heterocycles. The molecule has 0 atom stereocenters. The summed E-state index contributed by atoms with van der Waals surface area (Å²) < 4.78 is 0. The number of hydrogen-bond donors (Lipinski definition) is 1. The van der Waals surface area contributed by atoms with Gasteiger partial charge in [0.2, 0.25) is 11.8 Å². The predicted molar refractivity (Wildman–Crippen MR) is 99.9 cm³/mol. The van der Waals surface area contributed by atoms with Crippen molar-refractivity contribution in [1.82, 2.24) is 10.2 Å². The third-order valence-electron chi connectivity index (χ3n) is 3.93. The van der Waals surface area contributed by atoms with Crippen LogP contribution < -0.4 is 5.32 Å². The first-order valence-corrected chi connectivity index (χ1v) is 8.81. The van der Waals surface area contributed by atoms with Crippen molar-refractivity contribution < 1.29 is 9.59 Å². The number of carbonyl (C=O) groups excluding carboxylic acids is 2. The van der Waals surface area contributed by atoms with E-state index in [0.717, 1.165) is 24.1 Å². The molecule has 0 aliphatic carbocycles. The number of nitrogens with zero attached hydrogens (tertiary/aromatic N) is 1. The van der Waals surface area contributed by atoms with Gasteiger partial charge in [-0.3, -0.25) is 9.59 Å². The van der Waals surface area contributed by atoms with Gasteiger partial charge in [-0.2, -0.15) is 0 Å². The maximum absolute atomic E-state index is 12.5. The summed E-state index contributed by atoms with van der Waals surface area (Å²) in [5.74, 6) is 0.0230. The van der Waals surface area contributed by atoms with Gasteiger partial charge in [0, 0.05) is 26.1 Å². The largest absolute Gasteiger partial charge is 0.355 e. The normalized spacial score (nSPS) is 10.3. The lowest BCUT2D eigenvalue weighted by Crippen LogP contribution is -2.35. The minimum atomic E-state index is -0.0518. The Hall–Kier alpha value is -2.62. The molecule has 4 nitrogen and oxygen atoms in total. The topological polar surface area (TPSA) is 49.4 Å². The van der Waals surface area contributed by atoms with E-state index in [2.05, 4.69) is 12.2 Å². The molecule has 0 spiro atoms. The molecule has 2 aromatic rings. The number of benzene rings is 2. The second kappa shape index (κ2) is 10.3. The molecule has 0 heterocycles. The highest BCUT2D eigenvalue weighted by molar-refractivity contribution is 5.80. The van der Waals surface area contributed by atoms with Crippen molar-refractivity contribution in [2.24, 2.45) is 0 Å². The van der Waals surface area contributed by atoms with Crippen LogP contribution in [0, 0.1) is 0 Å². The van der Waals surface area contributed by atoms with Crippen LogP contribution in [-0.4, -0.2) is 29.8 Å². The lowest BCUT2D eigenvalue weighted by atomic mass is 10.1. The Morgan fingerprint density at radius 3 is 2.12 bits per heavy atom. The Morgan fingerprint density at radius 1 is 0.920 bits per heavy atom. The number of hydrogen-bond acceptors (Lipinski definition) is 2. The zero-order chi connectivity index (χ0) is 17.9. The molecular formula is C21H26N2O2. The van der Waals surface area contributed by atoms with E-state index in [1.54, 1.807) is 0 Å². The molecule has 132 valence electrons. The standard InChI is InChI=1S/C21H26N2O2/c1-2-15-23(17-19-11-7-4-8-12-19)21(25)13-14-22-20(24)16-18-9-5-3-6-10-18/h3-12H,2,13-17H2,1H3,(H,22,24). The first kappa shape index (κ1) is 18.7. The summed E-state index contributed by atoms with van der Waals surface area (Å²) >= 11 is 0. The Bertz CT molecular complexity index is 656. The van der Waals surface area contributed by atoms with Crippen LogP contribution in [0.5, 0.6) is 0 Å². The molecule has 0 radical (unpaired) electrons. The van der Waals surface area contributed by atoms with Crippen molar-refractivity contribution in [3.05, 3.63) is 71.8 Å². The average Bonchev–Trinajstić information content (AvgIpc) is 2.63. The zero-order valence-corrected chi connectivity index (χ0v) is 14.8. The summed E-state index contributed by atoms with van der Waals surface area (Å²) in [5.41, 5.74) is 2.10. The van der Waals surface area contributed by atoms with Crippen molar-refractivity contribution >= 4 is 11.8 Å². The lowest BCUT2D eigenvalue weighted by molar-refractivity contribution is -0.131. The maximum Gasteiger partial charge on any atom is 0.224 e. The lowest BCUT2D eigenvalue weighted by Gasteiger charge is -2.22. The average molecular weight is 338 g/mol. The van der Waals surface area contributed by atoms with Gasteiger partial charge in [-0.15, -0.1) is 0 Å². The Labute approximate surface area is 149 Å². The summed E-state index contributed by atoms with van der Waals surface area (Å²) in [6.45, 7) is 3.78. The highest BCUT2D eigenvalue weighted by Gasteiger charge is 2.13. The van der Waals surface area contributed by atoms with Crippen LogP contribution >= 0.6 is 0 Å². The summed E-state index contributed by atoms with van der Waals surface area (Å²) in [7, 11) is 0. The van der Waals surface area contributed by atoms with Crippen LogP contribution in [0.3, 0.4) is 0 Å². The van der Waals surface area contributed by atoms with Crippen LogP contribution in [0.4, 0.5) is 0 Å². The highest BCUT2D eigenvalue weighted by atomic mass is 16.2. The minimum Gasteiger partial charge on any atom is -0.355 e. The Balaban J connectivity index is 1.77. The molecule has 0 saturated carbocycles. The van der Waals surface area contributed by atoms with Gasteiger partial charge in [0.05, 0.1) is 6.42 Å². The van der Waals surface area contributed by atoms with Gasteiger partial charge in [-0.05, 0) is 17.5 Å². The summed E-state index contributed by atoms with van der Waals surface area (Å²) in [4.78, 5) is 26.3. The van der Waals surface area contributed by atoms with E-state index in [1.807, 2.05) is 65.6 Å². The molecule has 0 aliphatic rings. The van der Waals surface area contributed by atoms with Crippen LogP contribution in [-0.2, 0) is 22.6 Å². The molecule has 0 aromatic heterocycles. The smallest absolute Gasteiger partial charge is 0.224 e. The van der Waals surface area contributed by atoms with Gasteiger partial charge in [0.1, 0.15) is 0 Å². The minimum absolute atomic E-state index is 0.0518. The Kier molecular flexibility index (Phi) is 7.70. The molecule has 2 aromatic carbocycles. The fourth-order valence-electron chi connectivity index (χ4n) is 2.68. The van der Waals surface area contributed by atoms with Gasteiger partial charge >= 0.3 is 0 Å². The van der Waals surface area contributed by atoms with Gasteiger partial charge in [-0.25, -0.2) is 0 Å².